The number of imidazole rings is 1. The molecule has 2 rings (SSSR count). The summed E-state index contributed by atoms with van der Waals surface area (Å²) in [7, 11) is 1.60. The highest BCUT2D eigenvalue weighted by Crippen LogP contribution is 2.21. The van der Waals surface area contributed by atoms with Crippen LogP contribution in [-0.2, 0) is 24.1 Å². The van der Waals surface area contributed by atoms with Gasteiger partial charge in [-0.25, -0.2) is 9.78 Å². The number of ether oxygens (including phenoxy) is 1. The highest BCUT2D eigenvalue weighted by atomic mass is 16.5. The van der Waals surface area contributed by atoms with E-state index in [9.17, 15) is 9.90 Å². The molecular formula is C11H16N2O4. The van der Waals surface area contributed by atoms with Gasteiger partial charge < -0.3 is 19.5 Å². The summed E-state index contributed by atoms with van der Waals surface area (Å²) in [6.45, 7) is 1.13. The molecule has 1 unspecified atom stereocenters. The Morgan fingerprint density at radius 3 is 3.06 bits per heavy atom. The molecule has 0 radical (unpaired) electrons. The molecule has 17 heavy (non-hydrogen) atoms. The molecule has 0 bridgehead atoms. The monoisotopic (exact) mass is 240 g/mol. The Bertz CT molecular complexity index is 427. The molecule has 1 aromatic heterocycles. The number of rotatable bonds is 4. The molecule has 1 aliphatic rings. The van der Waals surface area contributed by atoms with Gasteiger partial charge in [0, 0.05) is 26.5 Å². The molecule has 1 aliphatic heterocycles. The second-order valence-corrected chi connectivity index (χ2v) is 4.17. The number of carboxylic acids is 1. The van der Waals surface area contributed by atoms with Gasteiger partial charge in [0.25, 0.3) is 0 Å². The standard InChI is InChI=1S/C11H16N2O4/c1-17-5-3-9-12-10(11(15)16)8-6-7(14)2-4-13(8)9/h7,14H,2-6H2,1H3,(H,15,16). The molecule has 0 saturated carbocycles. The van der Waals surface area contributed by atoms with E-state index < -0.39 is 12.1 Å². The van der Waals surface area contributed by atoms with Crippen LogP contribution in [0.25, 0.3) is 0 Å². The highest BCUT2D eigenvalue weighted by Gasteiger charge is 2.27. The van der Waals surface area contributed by atoms with Crippen molar-refractivity contribution in [2.75, 3.05) is 13.7 Å². The molecule has 1 atom stereocenters. The average Bonchev–Trinajstić information content (AvgIpc) is 2.64. The quantitative estimate of drug-likeness (QED) is 0.778. The highest BCUT2D eigenvalue weighted by molar-refractivity contribution is 5.87. The smallest absolute Gasteiger partial charge is 0.356 e. The van der Waals surface area contributed by atoms with E-state index in [1.807, 2.05) is 4.57 Å². The van der Waals surface area contributed by atoms with E-state index in [2.05, 4.69) is 4.98 Å². The zero-order valence-corrected chi connectivity index (χ0v) is 9.72. The molecule has 0 fully saturated rings. The van der Waals surface area contributed by atoms with Crippen molar-refractivity contribution in [2.24, 2.45) is 0 Å². The third-order valence-electron chi connectivity index (χ3n) is 3.00. The minimum Gasteiger partial charge on any atom is -0.476 e. The summed E-state index contributed by atoms with van der Waals surface area (Å²) in [5, 5.41) is 18.7. The van der Waals surface area contributed by atoms with Gasteiger partial charge >= 0.3 is 5.97 Å². The van der Waals surface area contributed by atoms with E-state index in [0.29, 0.717) is 38.1 Å². The fourth-order valence-corrected chi connectivity index (χ4v) is 2.17. The first kappa shape index (κ1) is 12.1. The second-order valence-electron chi connectivity index (χ2n) is 4.17. The van der Waals surface area contributed by atoms with Gasteiger partial charge in [0.1, 0.15) is 5.82 Å². The summed E-state index contributed by atoms with van der Waals surface area (Å²) < 4.78 is 6.88. The number of hydrogen-bond acceptors (Lipinski definition) is 4. The third-order valence-corrected chi connectivity index (χ3v) is 3.00. The lowest BCUT2D eigenvalue weighted by atomic mass is 10.1. The molecule has 1 aromatic rings. The summed E-state index contributed by atoms with van der Waals surface area (Å²) in [5.41, 5.74) is 0.692. The van der Waals surface area contributed by atoms with Crippen LogP contribution < -0.4 is 0 Å². The summed E-state index contributed by atoms with van der Waals surface area (Å²) in [5.74, 6) is -0.308. The number of aromatic carboxylic acids is 1. The Kier molecular flexibility index (Phi) is 3.44. The van der Waals surface area contributed by atoms with Gasteiger partial charge in [-0.2, -0.15) is 0 Å². The Balaban J connectivity index is 2.35. The minimum atomic E-state index is -1.04. The number of methoxy groups -OCH3 is 1. The lowest BCUT2D eigenvalue weighted by Gasteiger charge is -2.21. The summed E-state index contributed by atoms with van der Waals surface area (Å²) >= 11 is 0. The van der Waals surface area contributed by atoms with Crippen molar-refractivity contribution in [3.05, 3.63) is 17.2 Å². The van der Waals surface area contributed by atoms with Crippen LogP contribution in [0.1, 0.15) is 28.4 Å². The molecule has 0 aliphatic carbocycles. The van der Waals surface area contributed by atoms with Crippen molar-refractivity contribution in [3.63, 3.8) is 0 Å². The number of carbonyl (C=O) groups is 1. The number of aliphatic hydroxyl groups excluding tert-OH is 1. The van der Waals surface area contributed by atoms with Crippen LogP contribution in [0.5, 0.6) is 0 Å². The van der Waals surface area contributed by atoms with Gasteiger partial charge in [0.15, 0.2) is 5.69 Å². The molecule has 0 aromatic carbocycles. The van der Waals surface area contributed by atoms with Gasteiger partial charge in [0.05, 0.1) is 18.4 Å². The van der Waals surface area contributed by atoms with Crippen LogP contribution in [0.15, 0.2) is 0 Å². The SMILES string of the molecule is COCCc1nc(C(=O)O)c2n1CCC(O)C2. The molecule has 2 heterocycles. The number of aliphatic hydroxyl groups is 1. The Hall–Kier alpha value is -1.40. The first-order valence-electron chi connectivity index (χ1n) is 5.62. The van der Waals surface area contributed by atoms with Gasteiger partial charge in [-0.1, -0.05) is 0 Å². The maximum atomic E-state index is 11.1. The number of carboxylic acid groups (broad SMARTS) is 1. The van der Waals surface area contributed by atoms with Crippen LogP contribution in [0.2, 0.25) is 0 Å². The van der Waals surface area contributed by atoms with E-state index in [1.165, 1.54) is 0 Å². The van der Waals surface area contributed by atoms with Crippen LogP contribution >= 0.6 is 0 Å². The maximum absolute atomic E-state index is 11.1. The van der Waals surface area contributed by atoms with E-state index in [-0.39, 0.29) is 5.69 Å². The number of fused-ring (bicyclic) bond motifs is 1. The number of nitrogens with zero attached hydrogens (tertiary/aromatic N) is 2. The molecule has 6 heteroatoms. The van der Waals surface area contributed by atoms with Crippen molar-refractivity contribution in [1.82, 2.24) is 9.55 Å². The van der Waals surface area contributed by atoms with E-state index in [4.69, 9.17) is 9.84 Å². The number of aromatic nitrogens is 2. The fourth-order valence-electron chi connectivity index (χ4n) is 2.17. The third kappa shape index (κ3) is 2.32. The van der Waals surface area contributed by atoms with Crippen molar-refractivity contribution in [1.29, 1.82) is 0 Å². The lowest BCUT2D eigenvalue weighted by Crippen LogP contribution is -2.25. The Morgan fingerprint density at radius 2 is 2.41 bits per heavy atom. The zero-order valence-electron chi connectivity index (χ0n) is 9.72. The first-order chi connectivity index (χ1) is 8.13. The van der Waals surface area contributed by atoms with Gasteiger partial charge in [-0.3, -0.25) is 0 Å². The minimum absolute atomic E-state index is 0.0647. The van der Waals surface area contributed by atoms with Crippen LogP contribution in [0, 0.1) is 0 Å². The molecular weight excluding hydrogens is 224 g/mol. The average molecular weight is 240 g/mol. The molecule has 0 spiro atoms. The van der Waals surface area contributed by atoms with E-state index in [0.717, 1.165) is 5.82 Å². The predicted octanol–water partition coefficient (Wildman–Crippen LogP) is 0.0773. The van der Waals surface area contributed by atoms with Crippen LogP contribution in [0.4, 0.5) is 0 Å². The van der Waals surface area contributed by atoms with Crippen LogP contribution in [-0.4, -0.2) is 45.6 Å². The summed E-state index contributed by atoms with van der Waals surface area (Å²) in [6.07, 6.45) is 1.13. The summed E-state index contributed by atoms with van der Waals surface area (Å²) in [4.78, 5) is 15.2. The predicted molar refractivity (Wildman–Crippen MR) is 59.1 cm³/mol. The molecule has 2 N–H and O–H groups in total. The van der Waals surface area contributed by atoms with Crippen molar-refractivity contribution < 1.29 is 19.7 Å². The second kappa shape index (κ2) is 4.85. The van der Waals surface area contributed by atoms with E-state index in [1.54, 1.807) is 7.11 Å². The normalized spacial score (nSPS) is 19.1. The van der Waals surface area contributed by atoms with Crippen molar-refractivity contribution >= 4 is 5.97 Å². The molecule has 0 amide bonds. The van der Waals surface area contributed by atoms with Crippen LogP contribution in [0.3, 0.4) is 0 Å². The van der Waals surface area contributed by atoms with Crippen molar-refractivity contribution in [2.45, 2.75) is 31.9 Å². The molecule has 0 saturated heterocycles. The van der Waals surface area contributed by atoms with Gasteiger partial charge in [-0.05, 0) is 6.42 Å². The Labute approximate surface area is 98.8 Å². The first-order valence-corrected chi connectivity index (χ1v) is 5.62. The Morgan fingerprint density at radius 1 is 1.65 bits per heavy atom. The largest absolute Gasteiger partial charge is 0.476 e. The van der Waals surface area contributed by atoms with E-state index >= 15 is 0 Å². The van der Waals surface area contributed by atoms with Gasteiger partial charge in [0.2, 0.25) is 0 Å². The molecule has 94 valence electrons. The topological polar surface area (TPSA) is 84.6 Å². The lowest BCUT2D eigenvalue weighted by molar-refractivity contribution is 0.0687. The van der Waals surface area contributed by atoms with Gasteiger partial charge in [-0.15, -0.1) is 0 Å². The molecule has 6 nitrogen and oxygen atoms in total. The summed E-state index contributed by atoms with van der Waals surface area (Å²) in [6, 6.07) is 0. The maximum Gasteiger partial charge on any atom is 0.356 e. The van der Waals surface area contributed by atoms with Crippen molar-refractivity contribution in [3.8, 4) is 0 Å². The number of hydrogen-bond donors (Lipinski definition) is 2. The zero-order chi connectivity index (χ0) is 12.4. The fraction of sp³-hybridized carbons (Fsp3) is 0.636.